The van der Waals surface area contributed by atoms with E-state index in [0.29, 0.717) is 17.3 Å². The van der Waals surface area contributed by atoms with Crippen molar-refractivity contribution in [3.63, 3.8) is 0 Å². The van der Waals surface area contributed by atoms with Gasteiger partial charge in [-0.1, -0.05) is 6.07 Å². The van der Waals surface area contributed by atoms with Gasteiger partial charge in [0.1, 0.15) is 11.5 Å². The van der Waals surface area contributed by atoms with E-state index in [0.717, 1.165) is 23.3 Å². The van der Waals surface area contributed by atoms with Crippen molar-refractivity contribution in [1.29, 1.82) is 0 Å². The largest absolute Gasteiger partial charge is 0.508 e. The summed E-state index contributed by atoms with van der Waals surface area (Å²) in [5, 5.41) is 10.2. The smallest absolute Gasteiger partial charge is 0.258 e. The van der Waals surface area contributed by atoms with Crippen molar-refractivity contribution < 1.29 is 9.84 Å². The van der Waals surface area contributed by atoms with E-state index in [-0.39, 0.29) is 11.3 Å². The van der Waals surface area contributed by atoms with Crippen molar-refractivity contribution in [3.05, 3.63) is 64.2 Å². The SMILES string of the molecule is COc1ccc(O)cc1CCc1ccc2nc[nH]c(=O)c2c1. The lowest BCUT2D eigenvalue weighted by atomic mass is 10.0. The number of fused-ring (bicyclic) bond motifs is 1. The third-order valence-corrected chi connectivity index (χ3v) is 3.65. The number of phenols is 1. The Labute approximate surface area is 127 Å². The van der Waals surface area contributed by atoms with Crippen LogP contribution in [0.15, 0.2) is 47.5 Å². The molecule has 0 unspecified atom stereocenters. The van der Waals surface area contributed by atoms with Crippen molar-refractivity contribution in [2.45, 2.75) is 12.8 Å². The normalized spacial score (nSPS) is 10.8. The molecule has 0 aliphatic rings. The number of H-pyrrole nitrogens is 1. The van der Waals surface area contributed by atoms with E-state index in [1.165, 1.54) is 6.33 Å². The summed E-state index contributed by atoms with van der Waals surface area (Å²) in [4.78, 5) is 18.5. The molecule has 5 heteroatoms. The topological polar surface area (TPSA) is 75.2 Å². The van der Waals surface area contributed by atoms with Gasteiger partial charge < -0.3 is 14.8 Å². The van der Waals surface area contributed by atoms with Gasteiger partial charge in [0.15, 0.2) is 0 Å². The van der Waals surface area contributed by atoms with Crippen LogP contribution < -0.4 is 10.3 Å². The second kappa shape index (κ2) is 5.89. The Morgan fingerprint density at radius 1 is 1.18 bits per heavy atom. The molecule has 0 aliphatic heterocycles. The fourth-order valence-corrected chi connectivity index (χ4v) is 2.51. The highest BCUT2D eigenvalue weighted by Crippen LogP contribution is 2.24. The van der Waals surface area contributed by atoms with E-state index in [9.17, 15) is 9.90 Å². The van der Waals surface area contributed by atoms with E-state index in [4.69, 9.17) is 4.74 Å². The van der Waals surface area contributed by atoms with Gasteiger partial charge in [0, 0.05) is 0 Å². The van der Waals surface area contributed by atoms with E-state index < -0.39 is 0 Å². The Morgan fingerprint density at radius 2 is 2.05 bits per heavy atom. The Bertz CT molecular complexity index is 871. The van der Waals surface area contributed by atoms with Gasteiger partial charge >= 0.3 is 0 Å². The quantitative estimate of drug-likeness (QED) is 0.775. The minimum absolute atomic E-state index is 0.137. The summed E-state index contributed by atoms with van der Waals surface area (Å²) in [6.07, 6.45) is 2.85. The van der Waals surface area contributed by atoms with Gasteiger partial charge in [-0.05, 0) is 54.3 Å². The number of rotatable bonds is 4. The zero-order chi connectivity index (χ0) is 15.5. The molecule has 0 spiro atoms. The number of phenolic OH excluding ortho intramolecular Hbond substituents is 1. The monoisotopic (exact) mass is 296 g/mol. The number of ether oxygens (including phenoxy) is 1. The van der Waals surface area contributed by atoms with Gasteiger partial charge in [-0.3, -0.25) is 4.79 Å². The fourth-order valence-electron chi connectivity index (χ4n) is 2.51. The van der Waals surface area contributed by atoms with Crippen LogP contribution in [0.3, 0.4) is 0 Å². The van der Waals surface area contributed by atoms with E-state index in [2.05, 4.69) is 9.97 Å². The number of aromatic hydroxyl groups is 1. The molecule has 1 heterocycles. The third-order valence-electron chi connectivity index (χ3n) is 3.65. The molecule has 5 nitrogen and oxygen atoms in total. The van der Waals surface area contributed by atoms with Crippen molar-refractivity contribution in [3.8, 4) is 11.5 Å². The molecule has 3 aromatic rings. The zero-order valence-corrected chi connectivity index (χ0v) is 12.2. The van der Waals surface area contributed by atoms with Gasteiger partial charge in [0.05, 0.1) is 24.3 Å². The molecule has 1 aromatic heterocycles. The third kappa shape index (κ3) is 2.79. The first-order valence-corrected chi connectivity index (χ1v) is 6.99. The van der Waals surface area contributed by atoms with E-state index in [1.807, 2.05) is 18.2 Å². The Morgan fingerprint density at radius 3 is 2.86 bits per heavy atom. The molecule has 0 atom stereocenters. The number of benzene rings is 2. The average Bonchev–Trinajstić information content (AvgIpc) is 2.53. The van der Waals surface area contributed by atoms with Crippen LogP contribution in [0.2, 0.25) is 0 Å². The summed E-state index contributed by atoms with van der Waals surface area (Å²) < 4.78 is 5.30. The van der Waals surface area contributed by atoms with Gasteiger partial charge in [0.2, 0.25) is 0 Å². The van der Waals surface area contributed by atoms with Crippen LogP contribution in [-0.2, 0) is 12.8 Å². The summed E-state index contributed by atoms with van der Waals surface area (Å²) in [5.74, 6) is 0.966. The molecule has 2 aromatic carbocycles. The van der Waals surface area contributed by atoms with Crippen LogP contribution in [0.25, 0.3) is 10.9 Å². The Balaban J connectivity index is 1.87. The van der Waals surface area contributed by atoms with E-state index >= 15 is 0 Å². The fraction of sp³-hybridized carbons (Fsp3) is 0.176. The van der Waals surface area contributed by atoms with Crippen molar-refractivity contribution >= 4 is 10.9 Å². The highest BCUT2D eigenvalue weighted by molar-refractivity contribution is 5.77. The van der Waals surface area contributed by atoms with Crippen LogP contribution >= 0.6 is 0 Å². The average molecular weight is 296 g/mol. The molecule has 2 N–H and O–H groups in total. The number of aryl methyl sites for hydroxylation is 2. The first kappa shape index (κ1) is 14.1. The van der Waals surface area contributed by atoms with Gasteiger partial charge in [0.25, 0.3) is 5.56 Å². The summed E-state index contributed by atoms with van der Waals surface area (Å²) in [6, 6.07) is 10.7. The Hall–Kier alpha value is -2.82. The van der Waals surface area contributed by atoms with Crippen LogP contribution in [0.4, 0.5) is 0 Å². The maximum Gasteiger partial charge on any atom is 0.258 e. The molecule has 22 heavy (non-hydrogen) atoms. The number of nitrogens with one attached hydrogen (secondary N) is 1. The molecule has 0 bridgehead atoms. The van der Waals surface area contributed by atoms with Gasteiger partial charge in [-0.25, -0.2) is 4.98 Å². The maximum atomic E-state index is 11.8. The minimum atomic E-state index is -0.137. The number of nitrogens with zero attached hydrogens (tertiary/aromatic N) is 1. The predicted octanol–water partition coefficient (Wildman–Crippen LogP) is 2.42. The van der Waals surface area contributed by atoms with E-state index in [1.54, 1.807) is 25.3 Å². The van der Waals surface area contributed by atoms with Crippen LogP contribution in [0.5, 0.6) is 11.5 Å². The standard InChI is InChI=1S/C17H16N2O3/c1-22-16-7-5-13(20)9-12(16)4-2-11-3-6-15-14(8-11)17(21)19-10-18-15/h3,5-10,20H,2,4H2,1H3,(H,18,19,21). The summed E-state index contributed by atoms with van der Waals surface area (Å²) in [6.45, 7) is 0. The molecule has 0 saturated heterocycles. The summed E-state index contributed by atoms with van der Waals surface area (Å²) in [7, 11) is 1.61. The maximum absolute atomic E-state index is 11.8. The molecule has 112 valence electrons. The minimum Gasteiger partial charge on any atom is -0.508 e. The molecular weight excluding hydrogens is 280 g/mol. The van der Waals surface area contributed by atoms with Gasteiger partial charge in [-0.15, -0.1) is 0 Å². The molecular formula is C17H16N2O3. The number of methoxy groups -OCH3 is 1. The first-order chi connectivity index (χ1) is 10.7. The van der Waals surface area contributed by atoms with Crippen molar-refractivity contribution in [1.82, 2.24) is 9.97 Å². The first-order valence-electron chi connectivity index (χ1n) is 6.99. The number of aromatic nitrogens is 2. The van der Waals surface area contributed by atoms with Crippen LogP contribution in [-0.4, -0.2) is 22.2 Å². The molecule has 0 radical (unpaired) electrons. The lowest BCUT2D eigenvalue weighted by molar-refractivity contribution is 0.406. The van der Waals surface area contributed by atoms with Crippen molar-refractivity contribution in [2.24, 2.45) is 0 Å². The molecule has 0 amide bonds. The molecule has 0 saturated carbocycles. The number of hydrogen-bond donors (Lipinski definition) is 2. The second-order valence-electron chi connectivity index (χ2n) is 5.08. The van der Waals surface area contributed by atoms with Crippen LogP contribution in [0, 0.1) is 0 Å². The molecule has 3 rings (SSSR count). The summed E-state index contributed by atoms with van der Waals surface area (Å²) >= 11 is 0. The lowest BCUT2D eigenvalue weighted by Crippen LogP contribution is -2.06. The molecule has 0 fully saturated rings. The molecule has 0 aliphatic carbocycles. The highest BCUT2D eigenvalue weighted by atomic mass is 16.5. The summed E-state index contributed by atoms with van der Waals surface area (Å²) in [5.41, 5.74) is 2.52. The predicted molar refractivity (Wildman–Crippen MR) is 84.4 cm³/mol. The number of aromatic amines is 1. The lowest BCUT2D eigenvalue weighted by Gasteiger charge is -2.09. The van der Waals surface area contributed by atoms with Gasteiger partial charge in [-0.2, -0.15) is 0 Å². The number of hydrogen-bond acceptors (Lipinski definition) is 4. The zero-order valence-electron chi connectivity index (χ0n) is 12.2. The highest BCUT2D eigenvalue weighted by Gasteiger charge is 2.06. The Kier molecular flexibility index (Phi) is 3.78. The van der Waals surface area contributed by atoms with Crippen molar-refractivity contribution in [2.75, 3.05) is 7.11 Å². The van der Waals surface area contributed by atoms with Crippen LogP contribution in [0.1, 0.15) is 11.1 Å². The second-order valence-corrected chi connectivity index (χ2v) is 5.08.